The zero-order valence-electron chi connectivity index (χ0n) is 19.5. The van der Waals surface area contributed by atoms with E-state index in [9.17, 15) is 13.2 Å². The molecule has 0 saturated carbocycles. The van der Waals surface area contributed by atoms with E-state index in [1.807, 2.05) is 37.3 Å². The lowest BCUT2D eigenvalue weighted by Gasteiger charge is -2.27. The average Bonchev–Trinajstić information content (AvgIpc) is 2.78. The minimum Gasteiger partial charge on any atom is -0.466 e. The van der Waals surface area contributed by atoms with Gasteiger partial charge >= 0.3 is 5.97 Å². The molecule has 0 fully saturated rings. The van der Waals surface area contributed by atoms with Crippen LogP contribution in [0.1, 0.15) is 76.0 Å². The number of carbonyl (C=O) groups is 1. The fraction of sp³-hybridized carbons (Fsp3) is 0.500. The molecule has 2 rings (SSSR count). The molecule has 176 valence electrons. The predicted molar refractivity (Wildman–Crippen MR) is 129 cm³/mol. The predicted octanol–water partition coefficient (Wildman–Crippen LogP) is 5.94. The Morgan fingerprint density at radius 1 is 0.906 bits per heavy atom. The maximum absolute atomic E-state index is 13.2. The number of hydrogen-bond acceptors (Lipinski definition) is 4. The van der Waals surface area contributed by atoms with E-state index in [0.29, 0.717) is 6.42 Å². The van der Waals surface area contributed by atoms with Crippen molar-refractivity contribution in [2.75, 3.05) is 6.61 Å². The number of rotatable bonds is 14. The summed E-state index contributed by atoms with van der Waals surface area (Å²) in [7, 11) is -3.82. The molecule has 0 aliphatic rings. The number of unbranched alkanes of at least 4 members (excludes halogenated alkanes) is 5. The van der Waals surface area contributed by atoms with Gasteiger partial charge in [0.25, 0.3) is 0 Å². The van der Waals surface area contributed by atoms with Crippen LogP contribution >= 0.6 is 0 Å². The molecule has 1 N–H and O–H groups in total. The summed E-state index contributed by atoms with van der Waals surface area (Å²) in [6.45, 7) is 6.13. The third kappa shape index (κ3) is 8.06. The van der Waals surface area contributed by atoms with Crippen molar-refractivity contribution in [1.82, 2.24) is 4.72 Å². The van der Waals surface area contributed by atoms with Crippen molar-refractivity contribution < 1.29 is 17.9 Å². The molecule has 0 spiro atoms. The quantitative estimate of drug-likeness (QED) is 0.280. The topological polar surface area (TPSA) is 72.5 Å². The molecule has 32 heavy (non-hydrogen) atoms. The van der Waals surface area contributed by atoms with Crippen molar-refractivity contribution in [2.45, 2.75) is 76.7 Å². The highest BCUT2D eigenvalue weighted by atomic mass is 32.2. The summed E-state index contributed by atoms with van der Waals surface area (Å²) < 4.78 is 34.6. The lowest BCUT2D eigenvalue weighted by Crippen LogP contribution is -2.37. The second kappa shape index (κ2) is 13.4. The van der Waals surface area contributed by atoms with Crippen molar-refractivity contribution in [1.29, 1.82) is 0 Å². The van der Waals surface area contributed by atoms with Gasteiger partial charge in [-0.05, 0) is 38.0 Å². The normalized spacial score (nSPS) is 13.5. The SMILES string of the molecule is CCCCCCCC[C@H](C(=O)OCC)[C@H](NS(=O)(=O)c1ccc(C)cc1)c1ccccc1. The largest absolute Gasteiger partial charge is 0.466 e. The molecule has 0 saturated heterocycles. The lowest BCUT2D eigenvalue weighted by molar-refractivity contribution is -0.149. The Balaban J connectivity index is 2.29. The Morgan fingerprint density at radius 2 is 1.53 bits per heavy atom. The zero-order chi connectivity index (χ0) is 23.4. The summed E-state index contributed by atoms with van der Waals surface area (Å²) in [5.74, 6) is -0.953. The molecule has 0 aliphatic carbocycles. The number of sulfonamides is 1. The van der Waals surface area contributed by atoms with Crippen LogP contribution in [0, 0.1) is 12.8 Å². The van der Waals surface area contributed by atoms with Gasteiger partial charge in [0.15, 0.2) is 0 Å². The minimum absolute atomic E-state index is 0.186. The smallest absolute Gasteiger partial charge is 0.310 e. The Hall–Kier alpha value is -2.18. The number of esters is 1. The zero-order valence-corrected chi connectivity index (χ0v) is 20.4. The highest BCUT2D eigenvalue weighted by Crippen LogP contribution is 2.30. The highest BCUT2D eigenvalue weighted by molar-refractivity contribution is 7.89. The van der Waals surface area contributed by atoms with Crippen molar-refractivity contribution in [3.8, 4) is 0 Å². The summed E-state index contributed by atoms with van der Waals surface area (Å²) in [5.41, 5.74) is 1.74. The average molecular weight is 460 g/mol. The summed E-state index contributed by atoms with van der Waals surface area (Å²) in [6.07, 6.45) is 7.13. The third-order valence-electron chi connectivity index (χ3n) is 5.63. The molecule has 0 aromatic heterocycles. The van der Waals surface area contributed by atoms with Crippen molar-refractivity contribution >= 4 is 16.0 Å². The minimum atomic E-state index is -3.82. The molecule has 2 aromatic carbocycles. The van der Waals surface area contributed by atoms with Gasteiger partial charge in [-0.25, -0.2) is 13.1 Å². The molecular formula is C26H37NO4S. The number of benzene rings is 2. The van der Waals surface area contributed by atoms with Gasteiger partial charge in [-0.2, -0.15) is 0 Å². The first kappa shape index (κ1) is 26.1. The summed E-state index contributed by atoms with van der Waals surface area (Å²) in [5, 5.41) is 0. The van der Waals surface area contributed by atoms with Gasteiger partial charge in [0, 0.05) is 0 Å². The standard InChI is InChI=1S/C26H37NO4S/c1-4-6-7-8-9-13-16-24(26(28)31-5-2)25(22-14-11-10-12-15-22)27-32(29,30)23-19-17-21(3)18-20-23/h10-12,14-15,17-20,24-25,27H,4-9,13,16H2,1-3H3/t24-,25+/m0/s1. The fourth-order valence-electron chi connectivity index (χ4n) is 3.81. The number of nitrogens with one attached hydrogen (secondary N) is 1. The number of carbonyl (C=O) groups excluding carboxylic acids is 1. The van der Waals surface area contributed by atoms with E-state index in [4.69, 9.17) is 4.74 Å². The van der Waals surface area contributed by atoms with Crippen molar-refractivity contribution in [3.05, 3.63) is 65.7 Å². The second-order valence-electron chi connectivity index (χ2n) is 8.24. The van der Waals surface area contributed by atoms with Crippen LogP contribution < -0.4 is 4.72 Å². The molecule has 0 unspecified atom stereocenters. The molecule has 0 heterocycles. The molecule has 0 radical (unpaired) electrons. The Labute approximate surface area is 193 Å². The van der Waals surface area contributed by atoms with Gasteiger partial charge in [0.1, 0.15) is 0 Å². The molecule has 0 bridgehead atoms. The van der Waals surface area contributed by atoms with E-state index in [1.54, 1.807) is 31.2 Å². The Morgan fingerprint density at radius 3 is 2.16 bits per heavy atom. The Kier molecular flexibility index (Phi) is 10.9. The fourth-order valence-corrected chi connectivity index (χ4v) is 5.08. The van der Waals surface area contributed by atoms with Crippen LogP contribution in [-0.2, 0) is 19.6 Å². The van der Waals surface area contributed by atoms with Crippen molar-refractivity contribution in [3.63, 3.8) is 0 Å². The second-order valence-corrected chi connectivity index (χ2v) is 9.95. The monoisotopic (exact) mass is 459 g/mol. The van der Waals surface area contributed by atoms with Gasteiger partial charge in [-0.15, -0.1) is 0 Å². The van der Waals surface area contributed by atoms with Gasteiger partial charge in [-0.1, -0.05) is 93.5 Å². The first-order valence-electron chi connectivity index (χ1n) is 11.7. The highest BCUT2D eigenvalue weighted by Gasteiger charge is 2.34. The summed E-state index contributed by atoms with van der Waals surface area (Å²) >= 11 is 0. The van der Waals surface area contributed by atoms with Crippen LogP contribution in [0.2, 0.25) is 0 Å². The maximum atomic E-state index is 13.2. The first-order chi connectivity index (χ1) is 15.4. The van der Waals surface area contributed by atoms with E-state index in [1.165, 1.54) is 19.3 Å². The van der Waals surface area contributed by atoms with Crippen LogP contribution in [0.4, 0.5) is 0 Å². The van der Waals surface area contributed by atoms with E-state index >= 15 is 0 Å². The summed E-state index contributed by atoms with van der Waals surface area (Å²) in [6, 6.07) is 15.3. The number of hydrogen-bond donors (Lipinski definition) is 1. The number of ether oxygens (including phenoxy) is 1. The van der Waals surface area contributed by atoms with Crippen LogP contribution in [0.3, 0.4) is 0 Å². The van der Waals surface area contributed by atoms with Gasteiger partial charge in [0.2, 0.25) is 10.0 Å². The van der Waals surface area contributed by atoms with Crippen molar-refractivity contribution in [2.24, 2.45) is 5.92 Å². The Bertz CT molecular complexity index is 911. The molecule has 6 heteroatoms. The van der Waals surface area contributed by atoms with Crippen LogP contribution in [0.25, 0.3) is 0 Å². The van der Waals surface area contributed by atoms with Gasteiger partial charge in [-0.3, -0.25) is 4.79 Å². The third-order valence-corrected chi connectivity index (χ3v) is 7.09. The lowest BCUT2D eigenvalue weighted by atomic mass is 9.89. The van der Waals surface area contributed by atoms with Gasteiger partial charge < -0.3 is 4.74 Å². The van der Waals surface area contributed by atoms with E-state index < -0.39 is 22.0 Å². The molecule has 0 amide bonds. The molecule has 5 nitrogen and oxygen atoms in total. The summed E-state index contributed by atoms with van der Waals surface area (Å²) in [4.78, 5) is 13.1. The molecular weight excluding hydrogens is 422 g/mol. The molecule has 2 atom stereocenters. The maximum Gasteiger partial charge on any atom is 0.310 e. The van der Waals surface area contributed by atoms with Crippen LogP contribution in [-0.4, -0.2) is 21.0 Å². The van der Waals surface area contributed by atoms with Crippen LogP contribution in [0.5, 0.6) is 0 Å². The molecule has 2 aromatic rings. The first-order valence-corrected chi connectivity index (χ1v) is 13.2. The van der Waals surface area contributed by atoms with Gasteiger partial charge in [0.05, 0.1) is 23.5 Å². The molecule has 0 aliphatic heterocycles. The van der Waals surface area contributed by atoms with Crippen LogP contribution in [0.15, 0.2) is 59.5 Å². The van der Waals surface area contributed by atoms with E-state index in [-0.39, 0.29) is 17.5 Å². The van der Waals surface area contributed by atoms with E-state index in [2.05, 4.69) is 11.6 Å². The number of aryl methyl sites for hydroxylation is 1. The van der Waals surface area contributed by atoms with E-state index in [0.717, 1.165) is 30.4 Å².